The molecule has 0 bridgehead atoms. The molecule has 0 fully saturated rings. The first kappa shape index (κ1) is 9.41. The van der Waals surface area contributed by atoms with Crippen molar-refractivity contribution < 1.29 is 9.53 Å². The molecule has 0 heterocycles. The molecule has 0 amide bonds. The normalized spacial score (nSPS) is 9.31. The third kappa shape index (κ3) is 2.13. The maximum atomic E-state index is 10.4. The van der Waals surface area contributed by atoms with E-state index in [4.69, 9.17) is 10.5 Å². The number of aldehydes is 1. The lowest BCUT2D eigenvalue weighted by Gasteiger charge is -2.05. The highest BCUT2D eigenvalue weighted by Gasteiger charge is 2.02. The van der Waals surface area contributed by atoms with Gasteiger partial charge in [-0.25, -0.2) is 0 Å². The third-order valence-electron chi connectivity index (χ3n) is 1.53. The van der Waals surface area contributed by atoms with E-state index in [-0.39, 0.29) is 6.73 Å². The second kappa shape index (κ2) is 4.37. The highest BCUT2D eigenvalue weighted by Crippen LogP contribution is 2.27. The monoisotopic (exact) mass is 178 g/mol. The van der Waals surface area contributed by atoms with E-state index in [0.29, 0.717) is 17.0 Å². The van der Waals surface area contributed by atoms with Crippen LogP contribution in [0.15, 0.2) is 23.2 Å². The Bertz CT molecular complexity index is 323. The molecule has 0 radical (unpaired) electrons. The SMILES string of the molecule is C=Nc1ccc(C=O)cc1OCN. The fourth-order valence-electron chi connectivity index (χ4n) is 0.940. The van der Waals surface area contributed by atoms with Crippen molar-refractivity contribution in [3.8, 4) is 5.75 Å². The van der Waals surface area contributed by atoms with Gasteiger partial charge in [-0.2, -0.15) is 0 Å². The molecule has 4 nitrogen and oxygen atoms in total. The smallest absolute Gasteiger partial charge is 0.150 e. The summed E-state index contributed by atoms with van der Waals surface area (Å²) >= 11 is 0. The highest BCUT2D eigenvalue weighted by molar-refractivity contribution is 5.77. The Morgan fingerprint density at radius 1 is 1.62 bits per heavy atom. The van der Waals surface area contributed by atoms with Crippen molar-refractivity contribution >= 4 is 18.7 Å². The second-order valence-electron chi connectivity index (χ2n) is 2.31. The maximum absolute atomic E-state index is 10.4. The summed E-state index contributed by atoms with van der Waals surface area (Å²) in [5, 5.41) is 0. The van der Waals surface area contributed by atoms with Crippen LogP contribution in [0.25, 0.3) is 0 Å². The molecule has 13 heavy (non-hydrogen) atoms. The highest BCUT2D eigenvalue weighted by atomic mass is 16.5. The Kier molecular flexibility index (Phi) is 3.16. The standard InChI is InChI=1S/C9H10N2O2/c1-11-8-3-2-7(5-12)4-9(8)13-6-10/h2-5H,1,6,10H2. The quantitative estimate of drug-likeness (QED) is 0.427. The van der Waals surface area contributed by atoms with E-state index < -0.39 is 0 Å². The van der Waals surface area contributed by atoms with Gasteiger partial charge in [-0.3, -0.25) is 15.5 Å². The summed E-state index contributed by atoms with van der Waals surface area (Å²) in [4.78, 5) is 14.1. The molecule has 2 N–H and O–H groups in total. The van der Waals surface area contributed by atoms with Crippen molar-refractivity contribution in [2.24, 2.45) is 10.7 Å². The van der Waals surface area contributed by atoms with E-state index in [9.17, 15) is 4.79 Å². The van der Waals surface area contributed by atoms with Crippen LogP contribution < -0.4 is 10.5 Å². The van der Waals surface area contributed by atoms with Crippen molar-refractivity contribution in [1.82, 2.24) is 0 Å². The first-order valence-electron chi connectivity index (χ1n) is 3.70. The summed E-state index contributed by atoms with van der Waals surface area (Å²) in [6, 6.07) is 4.87. The molecule has 0 aliphatic rings. The van der Waals surface area contributed by atoms with Crippen molar-refractivity contribution in [2.75, 3.05) is 6.73 Å². The Morgan fingerprint density at radius 3 is 2.92 bits per heavy atom. The van der Waals surface area contributed by atoms with Gasteiger partial charge in [-0.1, -0.05) is 0 Å². The van der Waals surface area contributed by atoms with Gasteiger partial charge in [0.1, 0.15) is 24.5 Å². The predicted octanol–water partition coefficient (Wildman–Crippen LogP) is 1.13. The molecular weight excluding hydrogens is 168 g/mol. The molecule has 0 spiro atoms. The molecule has 1 rings (SSSR count). The summed E-state index contributed by atoms with van der Waals surface area (Å²) in [6.07, 6.45) is 0.732. The van der Waals surface area contributed by atoms with Crippen molar-refractivity contribution in [1.29, 1.82) is 0 Å². The first-order chi connectivity index (χ1) is 6.31. The van der Waals surface area contributed by atoms with E-state index in [0.717, 1.165) is 6.29 Å². The fraction of sp³-hybridized carbons (Fsp3) is 0.111. The summed E-state index contributed by atoms with van der Waals surface area (Å²) in [5.74, 6) is 0.474. The summed E-state index contributed by atoms with van der Waals surface area (Å²) in [5.41, 5.74) is 6.31. The van der Waals surface area contributed by atoms with Gasteiger partial charge in [0.25, 0.3) is 0 Å². The molecule has 0 saturated heterocycles. The number of ether oxygens (including phenoxy) is 1. The number of hydrogen-bond acceptors (Lipinski definition) is 4. The van der Waals surface area contributed by atoms with Crippen LogP contribution in [0.4, 0.5) is 5.69 Å². The topological polar surface area (TPSA) is 64.7 Å². The number of carbonyl (C=O) groups excluding carboxylic acids is 1. The average molecular weight is 178 g/mol. The second-order valence-corrected chi connectivity index (χ2v) is 2.31. The van der Waals surface area contributed by atoms with Gasteiger partial charge >= 0.3 is 0 Å². The van der Waals surface area contributed by atoms with Crippen LogP contribution in [0.2, 0.25) is 0 Å². The summed E-state index contributed by atoms with van der Waals surface area (Å²) in [6.45, 7) is 3.42. The molecular formula is C9H10N2O2. The van der Waals surface area contributed by atoms with Crippen LogP contribution >= 0.6 is 0 Å². The fourth-order valence-corrected chi connectivity index (χ4v) is 0.940. The zero-order valence-electron chi connectivity index (χ0n) is 7.06. The van der Waals surface area contributed by atoms with Crippen LogP contribution in [-0.2, 0) is 0 Å². The largest absolute Gasteiger partial charge is 0.476 e. The molecule has 0 saturated carbocycles. The summed E-state index contributed by atoms with van der Waals surface area (Å²) in [7, 11) is 0. The summed E-state index contributed by atoms with van der Waals surface area (Å²) < 4.78 is 5.06. The molecule has 1 aromatic rings. The Morgan fingerprint density at radius 2 is 2.38 bits per heavy atom. The van der Waals surface area contributed by atoms with Crippen molar-refractivity contribution in [3.05, 3.63) is 23.8 Å². The van der Waals surface area contributed by atoms with E-state index in [1.807, 2.05) is 0 Å². The van der Waals surface area contributed by atoms with Crippen LogP contribution in [0.1, 0.15) is 10.4 Å². The van der Waals surface area contributed by atoms with Crippen LogP contribution in [0.5, 0.6) is 5.75 Å². The molecule has 4 heteroatoms. The number of nitrogens with two attached hydrogens (primary N) is 1. The Hall–Kier alpha value is -1.68. The van der Waals surface area contributed by atoms with Crippen LogP contribution in [0, 0.1) is 0 Å². The lowest BCUT2D eigenvalue weighted by Crippen LogP contribution is -2.07. The number of aliphatic imine (C=N–C) groups is 1. The van der Waals surface area contributed by atoms with Gasteiger partial charge in [0.2, 0.25) is 0 Å². The molecule has 0 aromatic heterocycles. The minimum Gasteiger partial charge on any atom is -0.476 e. The number of hydrogen-bond donors (Lipinski definition) is 1. The van der Waals surface area contributed by atoms with Gasteiger partial charge in [0.05, 0.1) is 0 Å². The Balaban J connectivity index is 3.09. The number of nitrogens with zero attached hydrogens (tertiary/aromatic N) is 1. The zero-order valence-corrected chi connectivity index (χ0v) is 7.06. The van der Waals surface area contributed by atoms with Gasteiger partial charge in [-0.05, 0) is 24.9 Å². The number of rotatable bonds is 4. The van der Waals surface area contributed by atoms with Crippen molar-refractivity contribution in [3.63, 3.8) is 0 Å². The zero-order chi connectivity index (χ0) is 9.68. The molecule has 0 atom stereocenters. The Labute approximate surface area is 76.0 Å². The maximum Gasteiger partial charge on any atom is 0.150 e. The van der Waals surface area contributed by atoms with Crippen LogP contribution in [-0.4, -0.2) is 19.7 Å². The van der Waals surface area contributed by atoms with Gasteiger partial charge in [0.15, 0.2) is 0 Å². The van der Waals surface area contributed by atoms with E-state index >= 15 is 0 Å². The molecule has 1 aromatic carbocycles. The average Bonchev–Trinajstić information content (AvgIpc) is 2.18. The van der Waals surface area contributed by atoms with Crippen molar-refractivity contribution in [2.45, 2.75) is 0 Å². The molecule has 0 aliphatic heterocycles. The van der Waals surface area contributed by atoms with Gasteiger partial charge in [-0.15, -0.1) is 0 Å². The van der Waals surface area contributed by atoms with Gasteiger partial charge < -0.3 is 4.74 Å². The minimum atomic E-state index is 0.0465. The van der Waals surface area contributed by atoms with Crippen LogP contribution in [0.3, 0.4) is 0 Å². The number of carbonyl (C=O) groups is 1. The lowest BCUT2D eigenvalue weighted by molar-refractivity contribution is 0.112. The lowest BCUT2D eigenvalue weighted by atomic mass is 10.2. The molecule has 0 unspecified atom stereocenters. The van der Waals surface area contributed by atoms with E-state index in [2.05, 4.69) is 11.7 Å². The molecule has 68 valence electrons. The predicted molar refractivity (Wildman–Crippen MR) is 50.7 cm³/mol. The minimum absolute atomic E-state index is 0.0465. The number of benzene rings is 1. The van der Waals surface area contributed by atoms with E-state index in [1.54, 1.807) is 18.2 Å². The van der Waals surface area contributed by atoms with E-state index in [1.165, 1.54) is 0 Å². The molecule has 0 aliphatic carbocycles. The third-order valence-corrected chi connectivity index (χ3v) is 1.53. The first-order valence-corrected chi connectivity index (χ1v) is 3.70. The van der Waals surface area contributed by atoms with Gasteiger partial charge in [0, 0.05) is 5.56 Å².